The Morgan fingerprint density at radius 1 is 1.00 bits per heavy atom. The third kappa shape index (κ3) is 3.93. The molecule has 1 aromatic heterocycles. The van der Waals surface area contributed by atoms with E-state index in [1.807, 2.05) is 67.6 Å². The quantitative estimate of drug-likeness (QED) is 0.566. The molecule has 0 spiro atoms. The Kier molecular flexibility index (Phi) is 4.64. The molecule has 4 nitrogen and oxygen atoms in total. The molecule has 0 saturated heterocycles. The van der Waals surface area contributed by atoms with E-state index >= 15 is 0 Å². The largest absolute Gasteiger partial charge is 0.261 e. The monoisotopic (exact) mass is 322 g/mol. The molecule has 0 aliphatic heterocycles. The molecular formula is C18H15ClN4. The number of aromatic nitrogens is 2. The fraction of sp³-hybridized carbons (Fsp3) is 0.0556. The molecule has 0 fully saturated rings. The fourth-order valence-electron chi connectivity index (χ4n) is 2.09. The molecule has 3 aromatic rings. The Morgan fingerprint density at radius 2 is 1.74 bits per heavy atom. The van der Waals surface area contributed by atoms with E-state index in [0.717, 1.165) is 16.8 Å². The van der Waals surface area contributed by atoms with Gasteiger partial charge in [0.1, 0.15) is 0 Å². The molecule has 0 unspecified atom stereocenters. The van der Waals surface area contributed by atoms with E-state index in [4.69, 9.17) is 11.6 Å². The standard InChI is InChI=1S/C18H15ClN4/c1-13-11-17(22-18(21-13)14-7-3-2-4-8-14)23-20-12-15-9-5-6-10-16(15)19/h2-12H,1H3,(H,21,22,23)/b20-12-. The zero-order chi connectivity index (χ0) is 16.1. The van der Waals surface area contributed by atoms with Gasteiger partial charge in [0, 0.05) is 27.9 Å². The van der Waals surface area contributed by atoms with Gasteiger partial charge in [-0.15, -0.1) is 0 Å². The van der Waals surface area contributed by atoms with E-state index in [9.17, 15) is 0 Å². The van der Waals surface area contributed by atoms with Crippen LogP contribution in [0.25, 0.3) is 11.4 Å². The number of nitrogens with zero attached hydrogens (tertiary/aromatic N) is 3. The van der Waals surface area contributed by atoms with Crippen LogP contribution in [-0.4, -0.2) is 16.2 Å². The predicted octanol–water partition coefficient (Wildman–Crippen LogP) is 4.55. The molecule has 0 saturated carbocycles. The van der Waals surface area contributed by atoms with Gasteiger partial charge in [-0.1, -0.05) is 60.1 Å². The zero-order valence-electron chi connectivity index (χ0n) is 12.6. The zero-order valence-corrected chi connectivity index (χ0v) is 13.3. The molecule has 0 bridgehead atoms. The summed E-state index contributed by atoms with van der Waals surface area (Å²) in [7, 11) is 0. The summed E-state index contributed by atoms with van der Waals surface area (Å²) in [6.07, 6.45) is 1.67. The molecule has 23 heavy (non-hydrogen) atoms. The molecule has 1 heterocycles. The van der Waals surface area contributed by atoms with E-state index in [1.54, 1.807) is 6.21 Å². The van der Waals surface area contributed by atoms with Crippen molar-refractivity contribution < 1.29 is 0 Å². The van der Waals surface area contributed by atoms with Crippen molar-refractivity contribution in [1.82, 2.24) is 9.97 Å². The fourth-order valence-corrected chi connectivity index (χ4v) is 2.27. The van der Waals surface area contributed by atoms with Gasteiger partial charge in [0.15, 0.2) is 11.6 Å². The second-order valence-electron chi connectivity index (χ2n) is 4.98. The summed E-state index contributed by atoms with van der Waals surface area (Å²) >= 11 is 6.09. The minimum Gasteiger partial charge on any atom is -0.261 e. The van der Waals surface area contributed by atoms with Crippen LogP contribution in [0.2, 0.25) is 5.02 Å². The molecular weight excluding hydrogens is 308 g/mol. The van der Waals surface area contributed by atoms with Crippen LogP contribution in [0.1, 0.15) is 11.3 Å². The lowest BCUT2D eigenvalue weighted by molar-refractivity contribution is 1.10. The average Bonchev–Trinajstić information content (AvgIpc) is 2.57. The van der Waals surface area contributed by atoms with E-state index < -0.39 is 0 Å². The maximum atomic E-state index is 6.09. The number of anilines is 1. The first kappa shape index (κ1) is 15.2. The normalized spacial score (nSPS) is 10.9. The van der Waals surface area contributed by atoms with Crippen molar-refractivity contribution in [2.75, 3.05) is 5.43 Å². The number of rotatable bonds is 4. The highest BCUT2D eigenvalue weighted by molar-refractivity contribution is 6.33. The van der Waals surface area contributed by atoms with Crippen molar-refractivity contribution in [1.29, 1.82) is 0 Å². The van der Waals surface area contributed by atoms with Gasteiger partial charge in [-0.3, -0.25) is 5.43 Å². The maximum Gasteiger partial charge on any atom is 0.161 e. The number of hydrazone groups is 1. The van der Waals surface area contributed by atoms with Gasteiger partial charge < -0.3 is 0 Å². The van der Waals surface area contributed by atoms with Crippen LogP contribution < -0.4 is 5.43 Å². The number of aryl methyl sites for hydroxylation is 1. The number of halogens is 1. The van der Waals surface area contributed by atoms with Gasteiger partial charge in [-0.25, -0.2) is 9.97 Å². The summed E-state index contributed by atoms with van der Waals surface area (Å²) in [6.45, 7) is 1.93. The van der Waals surface area contributed by atoms with E-state index in [2.05, 4.69) is 20.5 Å². The highest BCUT2D eigenvalue weighted by atomic mass is 35.5. The number of hydrogen-bond donors (Lipinski definition) is 1. The number of hydrogen-bond acceptors (Lipinski definition) is 4. The van der Waals surface area contributed by atoms with Crippen molar-refractivity contribution in [3.05, 3.63) is 76.9 Å². The molecule has 0 radical (unpaired) electrons. The third-order valence-corrected chi connectivity index (χ3v) is 3.52. The van der Waals surface area contributed by atoms with Crippen LogP contribution in [0.5, 0.6) is 0 Å². The minimum atomic E-state index is 0.639. The summed E-state index contributed by atoms with van der Waals surface area (Å²) in [5.74, 6) is 1.31. The molecule has 1 N–H and O–H groups in total. The first-order valence-corrected chi connectivity index (χ1v) is 7.55. The van der Waals surface area contributed by atoms with E-state index in [0.29, 0.717) is 16.7 Å². The molecule has 114 valence electrons. The molecule has 2 aromatic carbocycles. The Balaban J connectivity index is 1.81. The van der Waals surface area contributed by atoms with Crippen molar-refractivity contribution >= 4 is 23.6 Å². The number of benzene rings is 2. The van der Waals surface area contributed by atoms with Gasteiger partial charge in [0.25, 0.3) is 0 Å². The molecule has 0 aliphatic carbocycles. The Labute approximate surface area is 139 Å². The highest BCUT2D eigenvalue weighted by Crippen LogP contribution is 2.17. The first-order valence-electron chi connectivity index (χ1n) is 7.17. The second kappa shape index (κ2) is 7.03. The van der Waals surface area contributed by atoms with E-state index in [-0.39, 0.29) is 0 Å². The van der Waals surface area contributed by atoms with Crippen LogP contribution >= 0.6 is 11.6 Å². The maximum absolute atomic E-state index is 6.09. The van der Waals surface area contributed by atoms with Gasteiger partial charge in [0.05, 0.1) is 6.21 Å². The van der Waals surface area contributed by atoms with Gasteiger partial charge in [-0.2, -0.15) is 5.10 Å². The van der Waals surface area contributed by atoms with Crippen molar-refractivity contribution in [2.45, 2.75) is 6.92 Å². The summed E-state index contributed by atoms with van der Waals surface area (Å²) < 4.78 is 0. The highest BCUT2D eigenvalue weighted by Gasteiger charge is 2.04. The minimum absolute atomic E-state index is 0.639. The third-order valence-electron chi connectivity index (χ3n) is 3.17. The summed E-state index contributed by atoms with van der Waals surface area (Å²) in [4.78, 5) is 8.95. The van der Waals surface area contributed by atoms with Crippen molar-refractivity contribution in [3.63, 3.8) is 0 Å². The average molecular weight is 323 g/mol. The lowest BCUT2D eigenvalue weighted by Crippen LogP contribution is -1.99. The smallest absolute Gasteiger partial charge is 0.161 e. The topological polar surface area (TPSA) is 50.2 Å². The van der Waals surface area contributed by atoms with Crippen LogP contribution in [0, 0.1) is 6.92 Å². The van der Waals surface area contributed by atoms with Gasteiger partial charge >= 0.3 is 0 Å². The van der Waals surface area contributed by atoms with Crippen molar-refractivity contribution in [3.8, 4) is 11.4 Å². The molecule has 0 amide bonds. The summed E-state index contributed by atoms with van der Waals surface area (Å²) in [6, 6.07) is 19.2. The van der Waals surface area contributed by atoms with Crippen LogP contribution in [0.4, 0.5) is 5.82 Å². The van der Waals surface area contributed by atoms with Gasteiger partial charge in [0.2, 0.25) is 0 Å². The van der Waals surface area contributed by atoms with Gasteiger partial charge in [-0.05, 0) is 13.0 Å². The summed E-state index contributed by atoms with van der Waals surface area (Å²) in [5.41, 5.74) is 5.61. The van der Waals surface area contributed by atoms with E-state index in [1.165, 1.54) is 0 Å². The Bertz CT molecular complexity index is 831. The van der Waals surface area contributed by atoms with Crippen molar-refractivity contribution in [2.24, 2.45) is 5.10 Å². The lowest BCUT2D eigenvalue weighted by Gasteiger charge is -2.05. The summed E-state index contributed by atoms with van der Waals surface area (Å²) in [5, 5.41) is 4.85. The second-order valence-corrected chi connectivity index (χ2v) is 5.38. The first-order chi connectivity index (χ1) is 11.2. The van der Waals surface area contributed by atoms with Crippen LogP contribution in [-0.2, 0) is 0 Å². The number of nitrogens with one attached hydrogen (secondary N) is 1. The lowest BCUT2D eigenvalue weighted by atomic mass is 10.2. The Morgan fingerprint density at radius 3 is 2.52 bits per heavy atom. The predicted molar refractivity (Wildman–Crippen MR) is 94.9 cm³/mol. The Hall–Kier alpha value is -2.72. The van der Waals surface area contributed by atoms with Crippen LogP contribution in [0.3, 0.4) is 0 Å². The van der Waals surface area contributed by atoms with Crippen LogP contribution in [0.15, 0.2) is 65.8 Å². The molecule has 0 atom stereocenters. The molecule has 0 aliphatic rings. The molecule has 5 heteroatoms. The molecule has 3 rings (SSSR count). The SMILES string of the molecule is Cc1cc(N/N=C\c2ccccc2Cl)nc(-c2ccccc2)n1.